The highest BCUT2D eigenvalue weighted by atomic mass is 32.2. The Morgan fingerprint density at radius 3 is 2.18 bits per heavy atom. The van der Waals surface area contributed by atoms with Crippen LogP contribution in [0, 0.1) is 5.82 Å². The van der Waals surface area contributed by atoms with Crippen molar-refractivity contribution in [3.63, 3.8) is 0 Å². The summed E-state index contributed by atoms with van der Waals surface area (Å²) in [6, 6.07) is 12.9. The van der Waals surface area contributed by atoms with Gasteiger partial charge in [-0.15, -0.1) is 0 Å². The highest BCUT2D eigenvalue weighted by Gasteiger charge is 2.25. The molecule has 3 aromatic rings. The lowest BCUT2D eigenvalue weighted by Crippen LogP contribution is -2.35. The van der Waals surface area contributed by atoms with Crippen LogP contribution in [-0.2, 0) is 20.2 Å². The van der Waals surface area contributed by atoms with Crippen molar-refractivity contribution in [3.05, 3.63) is 71.7 Å². The van der Waals surface area contributed by atoms with Crippen molar-refractivity contribution in [1.82, 2.24) is 14.1 Å². The van der Waals surface area contributed by atoms with Crippen molar-refractivity contribution >= 4 is 27.5 Å². The van der Waals surface area contributed by atoms with E-state index in [1.54, 1.807) is 6.07 Å². The Morgan fingerprint density at radius 1 is 1.06 bits per heavy atom. The van der Waals surface area contributed by atoms with E-state index in [1.165, 1.54) is 67.2 Å². The van der Waals surface area contributed by atoms with Crippen LogP contribution in [0.4, 0.5) is 10.2 Å². The van der Waals surface area contributed by atoms with Crippen LogP contribution in [0.5, 0.6) is 0 Å². The molecular formula is C24H27FN4O4S. The van der Waals surface area contributed by atoms with Crippen LogP contribution in [0.2, 0.25) is 0 Å². The molecule has 8 nitrogen and oxygen atoms in total. The maximum absolute atomic E-state index is 13.4. The summed E-state index contributed by atoms with van der Waals surface area (Å²) in [5.74, 6) is -0.821. The number of aromatic nitrogens is 2. The van der Waals surface area contributed by atoms with E-state index < -0.39 is 28.3 Å². The molecule has 10 heteroatoms. The van der Waals surface area contributed by atoms with E-state index in [4.69, 9.17) is 0 Å². The number of hydrogen-bond acceptors (Lipinski definition) is 5. The second-order valence-corrected chi connectivity index (χ2v) is 11.0. The van der Waals surface area contributed by atoms with Crippen LogP contribution < -0.4 is 5.32 Å². The zero-order valence-electron chi connectivity index (χ0n) is 19.7. The molecule has 0 atom stereocenters. The van der Waals surface area contributed by atoms with Crippen LogP contribution in [0.15, 0.2) is 59.5 Å². The number of anilines is 1. The van der Waals surface area contributed by atoms with Gasteiger partial charge in [-0.3, -0.25) is 9.59 Å². The van der Waals surface area contributed by atoms with Crippen LogP contribution in [0.1, 0.15) is 43.7 Å². The number of carbonyl (C=O) groups excluding carboxylic acids is 2. The molecule has 0 saturated carbocycles. The standard InChI is InChI=1S/C24H27FN4O4S/c1-16(30)17-6-12-20(13-7-17)34(32,33)28(5)15-23(31)26-22-14-21(24(2,3)4)27-29(22)19-10-8-18(25)9-11-19/h6-14H,15H2,1-5H3,(H,26,31). The first kappa shape index (κ1) is 25.3. The summed E-state index contributed by atoms with van der Waals surface area (Å²) in [5.41, 5.74) is 1.30. The lowest BCUT2D eigenvalue weighted by Gasteiger charge is -2.17. The van der Waals surface area contributed by atoms with Gasteiger partial charge in [0.15, 0.2) is 5.78 Å². The highest BCUT2D eigenvalue weighted by molar-refractivity contribution is 7.89. The minimum Gasteiger partial charge on any atom is -0.309 e. The van der Waals surface area contributed by atoms with Crippen molar-refractivity contribution in [1.29, 1.82) is 0 Å². The van der Waals surface area contributed by atoms with E-state index >= 15 is 0 Å². The predicted molar refractivity (Wildman–Crippen MR) is 127 cm³/mol. The lowest BCUT2D eigenvalue weighted by atomic mass is 9.92. The number of rotatable bonds is 7. The number of amides is 1. The Labute approximate surface area is 198 Å². The Morgan fingerprint density at radius 2 is 1.65 bits per heavy atom. The Kier molecular flexibility index (Phi) is 7.04. The smallest absolute Gasteiger partial charge is 0.243 e. The number of sulfonamides is 1. The second-order valence-electron chi connectivity index (χ2n) is 8.94. The third-order valence-corrected chi connectivity index (χ3v) is 6.97. The Hall–Kier alpha value is -3.37. The Bertz CT molecular complexity index is 1310. The summed E-state index contributed by atoms with van der Waals surface area (Å²) in [5, 5.41) is 7.26. The van der Waals surface area contributed by atoms with E-state index in [1.807, 2.05) is 20.8 Å². The SMILES string of the molecule is CC(=O)c1ccc(S(=O)(=O)N(C)CC(=O)Nc2cc(C(C)(C)C)nn2-c2ccc(F)cc2)cc1. The molecule has 2 aromatic carbocycles. The average Bonchev–Trinajstić information content (AvgIpc) is 3.18. The lowest BCUT2D eigenvalue weighted by molar-refractivity contribution is -0.116. The third kappa shape index (κ3) is 5.57. The number of Topliss-reactive ketones (excluding diaryl/α,β-unsaturated/α-hetero) is 1. The molecule has 1 aromatic heterocycles. The van der Waals surface area contributed by atoms with Crippen LogP contribution in [0.25, 0.3) is 5.69 Å². The molecule has 0 spiro atoms. The topological polar surface area (TPSA) is 101 Å². The van der Waals surface area contributed by atoms with E-state index in [0.717, 1.165) is 4.31 Å². The van der Waals surface area contributed by atoms with Crippen molar-refractivity contribution in [2.45, 2.75) is 38.0 Å². The zero-order valence-corrected chi connectivity index (χ0v) is 20.5. The summed E-state index contributed by atoms with van der Waals surface area (Å²) in [6.45, 7) is 6.84. The number of likely N-dealkylation sites (N-methyl/N-ethyl adjacent to an activating group) is 1. The second kappa shape index (κ2) is 9.47. The molecule has 0 bridgehead atoms. The van der Waals surface area contributed by atoms with Crippen molar-refractivity contribution in [3.8, 4) is 5.69 Å². The van der Waals surface area contributed by atoms with Gasteiger partial charge in [0.25, 0.3) is 0 Å². The van der Waals surface area contributed by atoms with Gasteiger partial charge in [0, 0.05) is 24.1 Å². The monoisotopic (exact) mass is 486 g/mol. The first-order chi connectivity index (χ1) is 15.8. The molecule has 0 aliphatic rings. The molecule has 1 amide bonds. The molecule has 0 radical (unpaired) electrons. The maximum Gasteiger partial charge on any atom is 0.243 e. The van der Waals surface area contributed by atoms with E-state index in [-0.39, 0.29) is 16.1 Å². The summed E-state index contributed by atoms with van der Waals surface area (Å²) < 4.78 is 41.5. The number of halogens is 1. The van der Waals surface area contributed by atoms with Gasteiger partial charge in [-0.2, -0.15) is 9.40 Å². The third-order valence-electron chi connectivity index (χ3n) is 5.15. The molecule has 0 fully saturated rings. The molecule has 1 N–H and O–H groups in total. The van der Waals surface area contributed by atoms with Gasteiger partial charge in [-0.05, 0) is 43.3 Å². The number of nitrogens with one attached hydrogen (secondary N) is 1. The van der Waals surface area contributed by atoms with Gasteiger partial charge in [-0.25, -0.2) is 17.5 Å². The molecule has 3 rings (SSSR count). The number of carbonyl (C=O) groups is 2. The average molecular weight is 487 g/mol. The summed E-state index contributed by atoms with van der Waals surface area (Å²) in [4.78, 5) is 24.2. The number of benzene rings is 2. The van der Waals surface area contributed by atoms with Gasteiger partial charge >= 0.3 is 0 Å². The number of ketones is 1. The van der Waals surface area contributed by atoms with Gasteiger partial charge < -0.3 is 5.32 Å². The molecule has 180 valence electrons. The van der Waals surface area contributed by atoms with Crippen molar-refractivity contribution in [2.75, 3.05) is 18.9 Å². The molecule has 0 saturated heterocycles. The molecular weight excluding hydrogens is 459 g/mol. The van der Waals surface area contributed by atoms with Crippen LogP contribution >= 0.6 is 0 Å². The fourth-order valence-corrected chi connectivity index (χ4v) is 4.25. The zero-order chi connectivity index (χ0) is 25.3. The summed E-state index contributed by atoms with van der Waals surface area (Å²) >= 11 is 0. The fraction of sp³-hybridized carbons (Fsp3) is 0.292. The van der Waals surface area contributed by atoms with E-state index in [0.29, 0.717) is 22.8 Å². The molecule has 0 unspecified atom stereocenters. The van der Waals surface area contributed by atoms with Crippen molar-refractivity contribution in [2.24, 2.45) is 0 Å². The summed E-state index contributed by atoms with van der Waals surface area (Å²) in [6.07, 6.45) is 0. The summed E-state index contributed by atoms with van der Waals surface area (Å²) in [7, 11) is -2.66. The predicted octanol–water partition coefficient (Wildman–Crippen LogP) is 3.77. The molecule has 0 aliphatic carbocycles. The van der Waals surface area contributed by atoms with Gasteiger partial charge in [-0.1, -0.05) is 32.9 Å². The highest BCUT2D eigenvalue weighted by Crippen LogP contribution is 2.26. The normalized spacial score (nSPS) is 12.1. The molecule has 34 heavy (non-hydrogen) atoms. The largest absolute Gasteiger partial charge is 0.309 e. The fourth-order valence-electron chi connectivity index (χ4n) is 3.13. The van der Waals surface area contributed by atoms with E-state index in [9.17, 15) is 22.4 Å². The molecule has 0 aliphatic heterocycles. The quantitative estimate of drug-likeness (QED) is 0.513. The van der Waals surface area contributed by atoms with Gasteiger partial charge in [0.05, 0.1) is 22.8 Å². The van der Waals surface area contributed by atoms with Gasteiger partial charge in [0.1, 0.15) is 11.6 Å². The van der Waals surface area contributed by atoms with Crippen LogP contribution in [-0.4, -0.2) is 47.8 Å². The van der Waals surface area contributed by atoms with E-state index in [2.05, 4.69) is 10.4 Å². The first-order valence-electron chi connectivity index (χ1n) is 10.5. The van der Waals surface area contributed by atoms with Crippen molar-refractivity contribution < 1.29 is 22.4 Å². The minimum atomic E-state index is -3.96. The number of nitrogens with zero attached hydrogens (tertiary/aromatic N) is 3. The minimum absolute atomic E-state index is 0.0285. The Balaban J connectivity index is 1.82. The number of hydrogen-bond donors (Lipinski definition) is 1. The maximum atomic E-state index is 13.4. The van der Waals surface area contributed by atoms with Crippen LogP contribution in [0.3, 0.4) is 0 Å². The molecule has 1 heterocycles. The van der Waals surface area contributed by atoms with Gasteiger partial charge in [0.2, 0.25) is 15.9 Å². The first-order valence-corrected chi connectivity index (χ1v) is 12.0.